The lowest BCUT2D eigenvalue weighted by molar-refractivity contribution is -0.111. The largest absolute Gasteiger partial charge is 0.287 e. The van der Waals surface area contributed by atoms with Gasteiger partial charge in [0.25, 0.3) is 0 Å². The number of thioether (sulfide) groups is 1. The molecule has 0 saturated heterocycles. The van der Waals surface area contributed by atoms with Crippen LogP contribution in [0.15, 0.2) is 0 Å². The Morgan fingerprint density at radius 1 is 1.21 bits per heavy atom. The number of hydrogen-bond donors (Lipinski definition) is 0. The predicted molar refractivity (Wildman–Crippen MR) is 65.4 cm³/mol. The van der Waals surface area contributed by atoms with E-state index >= 15 is 0 Å². The van der Waals surface area contributed by atoms with E-state index in [1.807, 2.05) is 0 Å². The first-order valence-corrected chi connectivity index (χ1v) is 6.60. The lowest BCUT2D eigenvalue weighted by Crippen LogP contribution is -1.92. The van der Waals surface area contributed by atoms with Crippen molar-refractivity contribution in [2.75, 3.05) is 5.75 Å². The topological polar surface area (TPSA) is 17.1 Å². The lowest BCUT2D eigenvalue weighted by Gasteiger charge is -2.03. The van der Waals surface area contributed by atoms with Gasteiger partial charge in [-0.25, -0.2) is 0 Å². The number of unbranched alkanes of at least 4 members (excludes halogenated alkanes) is 3. The van der Waals surface area contributed by atoms with Crippen molar-refractivity contribution in [2.45, 2.75) is 52.4 Å². The van der Waals surface area contributed by atoms with Crippen LogP contribution in [0.25, 0.3) is 0 Å². The molecule has 14 heavy (non-hydrogen) atoms. The molecule has 0 aliphatic rings. The van der Waals surface area contributed by atoms with E-state index in [1.165, 1.54) is 37.4 Å². The standard InChI is InChI=1S/C12H23OS/c1-4-14-12(13)10-8-6-5-7-9-11(2)3/h11H,1,4-10H2,2-3H3. The summed E-state index contributed by atoms with van der Waals surface area (Å²) in [6, 6.07) is 0. The molecule has 0 aromatic heterocycles. The van der Waals surface area contributed by atoms with E-state index in [0.717, 1.165) is 18.8 Å². The van der Waals surface area contributed by atoms with E-state index in [2.05, 4.69) is 20.8 Å². The Hall–Kier alpha value is 0.0200. The molecule has 0 saturated carbocycles. The minimum absolute atomic E-state index is 0.309. The van der Waals surface area contributed by atoms with Gasteiger partial charge in [-0.3, -0.25) is 4.79 Å². The summed E-state index contributed by atoms with van der Waals surface area (Å²) in [5.41, 5.74) is 0. The molecule has 2 heteroatoms. The second-order valence-electron chi connectivity index (χ2n) is 4.07. The smallest absolute Gasteiger partial charge is 0.188 e. The Labute approximate surface area is 93.0 Å². The average Bonchev–Trinajstić information content (AvgIpc) is 2.11. The Balaban J connectivity index is 3.09. The molecule has 83 valence electrons. The normalized spacial score (nSPS) is 10.9. The van der Waals surface area contributed by atoms with Gasteiger partial charge in [0, 0.05) is 12.2 Å². The van der Waals surface area contributed by atoms with Crippen molar-refractivity contribution in [1.29, 1.82) is 0 Å². The summed E-state index contributed by atoms with van der Waals surface area (Å²) in [5.74, 6) is 1.49. The van der Waals surface area contributed by atoms with Gasteiger partial charge < -0.3 is 0 Å². The maximum absolute atomic E-state index is 11.1. The number of rotatable bonds is 8. The minimum Gasteiger partial charge on any atom is -0.287 e. The van der Waals surface area contributed by atoms with Gasteiger partial charge >= 0.3 is 0 Å². The zero-order chi connectivity index (χ0) is 10.8. The molecule has 0 rings (SSSR count). The van der Waals surface area contributed by atoms with Crippen LogP contribution < -0.4 is 0 Å². The highest BCUT2D eigenvalue weighted by Crippen LogP contribution is 2.13. The molecule has 1 radical (unpaired) electrons. The monoisotopic (exact) mass is 215 g/mol. The maximum Gasteiger partial charge on any atom is 0.188 e. The molecule has 0 spiro atoms. The number of hydrogen-bond acceptors (Lipinski definition) is 2. The first-order valence-electron chi connectivity index (χ1n) is 5.61. The molecule has 0 unspecified atom stereocenters. The molecule has 0 aliphatic carbocycles. The van der Waals surface area contributed by atoms with Crippen molar-refractivity contribution in [3.05, 3.63) is 6.92 Å². The Bertz CT molecular complexity index is 143. The summed E-state index contributed by atoms with van der Waals surface area (Å²) in [5, 5.41) is 0.309. The lowest BCUT2D eigenvalue weighted by atomic mass is 10.0. The summed E-state index contributed by atoms with van der Waals surface area (Å²) >= 11 is 1.35. The predicted octanol–water partition coefficient (Wildman–Crippen LogP) is 4.08. The second kappa shape index (κ2) is 9.57. The van der Waals surface area contributed by atoms with Gasteiger partial charge in [-0.05, 0) is 19.3 Å². The van der Waals surface area contributed by atoms with Crippen LogP contribution in [-0.4, -0.2) is 10.9 Å². The van der Waals surface area contributed by atoms with Gasteiger partial charge in [-0.1, -0.05) is 51.3 Å². The SMILES string of the molecule is [CH2]CSC(=O)CCCCCCC(C)C. The molecule has 0 heterocycles. The van der Waals surface area contributed by atoms with Crippen LogP contribution in [-0.2, 0) is 4.79 Å². The number of carbonyl (C=O) groups is 1. The molecule has 0 N–H and O–H groups in total. The summed E-state index contributed by atoms with van der Waals surface area (Å²) < 4.78 is 0. The fourth-order valence-electron chi connectivity index (χ4n) is 1.36. The van der Waals surface area contributed by atoms with E-state index in [0.29, 0.717) is 10.9 Å². The first-order chi connectivity index (χ1) is 6.66. The zero-order valence-electron chi connectivity index (χ0n) is 9.55. The van der Waals surface area contributed by atoms with Crippen LogP contribution in [0.1, 0.15) is 52.4 Å². The van der Waals surface area contributed by atoms with Crippen molar-refractivity contribution in [1.82, 2.24) is 0 Å². The van der Waals surface area contributed by atoms with Crippen molar-refractivity contribution in [2.24, 2.45) is 5.92 Å². The van der Waals surface area contributed by atoms with Crippen molar-refractivity contribution >= 4 is 16.9 Å². The third kappa shape index (κ3) is 10.1. The maximum atomic E-state index is 11.1. The highest BCUT2D eigenvalue weighted by Gasteiger charge is 2.00. The summed E-state index contributed by atoms with van der Waals surface area (Å²) in [7, 11) is 0. The van der Waals surface area contributed by atoms with Crippen molar-refractivity contribution in [3.8, 4) is 0 Å². The van der Waals surface area contributed by atoms with Crippen LogP contribution in [0.5, 0.6) is 0 Å². The van der Waals surface area contributed by atoms with E-state index in [1.54, 1.807) is 0 Å². The molecular formula is C12H23OS. The highest BCUT2D eigenvalue weighted by molar-refractivity contribution is 8.13. The van der Waals surface area contributed by atoms with Crippen LogP contribution in [0.2, 0.25) is 0 Å². The molecule has 0 bridgehead atoms. The molecule has 0 amide bonds. The third-order valence-corrected chi connectivity index (χ3v) is 2.91. The molecule has 0 aromatic rings. The van der Waals surface area contributed by atoms with E-state index in [9.17, 15) is 4.79 Å². The van der Waals surface area contributed by atoms with Crippen LogP contribution in [0, 0.1) is 12.8 Å². The molecule has 0 aromatic carbocycles. The Morgan fingerprint density at radius 3 is 2.43 bits per heavy atom. The Morgan fingerprint density at radius 2 is 1.86 bits per heavy atom. The van der Waals surface area contributed by atoms with Crippen molar-refractivity contribution in [3.63, 3.8) is 0 Å². The Kier molecular flexibility index (Phi) is 9.58. The van der Waals surface area contributed by atoms with Crippen molar-refractivity contribution < 1.29 is 4.79 Å². The van der Waals surface area contributed by atoms with Gasteiger partial charge in [-0.2, -0.15) is 0 Å². The molecule has 0 aliphatic heterocycles. The summed E-state index contributed by atoms with van der Waals surface area (Å²) in [6.07, 6.45) is 6.92. The van der Waals surface area contributed by atoms with Gasteiger partial charge in [-0.15, -0.1) is 0 Å². The fraction of sp³-hybridized carbons (Fsp3) is 0.833. The van der Waals surface area contributed by atoms with E-state index < -0.39 is 0 Å². The molecular weight excluding hydrogens is 192 g/mol. The fourth-order valence-corrected chi connectivity index (χ4v) is 1.88. The summed E-state index contributed by atoms with van der Waals surface area (Å²) in [6.45, 7) is 8.16. The first kappa shape index (κ1) is 14.0. The molecule has 0 atom stereocenters. The molecule has 0 fully saturated rings. The van der Waals surface area contributed by atoms with Gasteiger partial charge in [0.2, 0.25) is 0 Å². The quantitative estimate of drug-likeness (QED) is 0.568. The van der Waals surface area contributed by atoms with E-state index in [-0.39, 0.29) is 0 Å². The van der Waals surface area contributed by atoms with E-state index in [4.69, 9.17) is 0 Å². The zero-order valence-corrected chi connectivity index (χ0v) is 10.4. The van der Waals surface area contributed by atoms with Gasteiger partial charge in [0.15, 0.2) is 5.12 Å². The van der Waals surface area contributed by atoms with Gasteiger partial charge in [0.1, 0.15) is 0 Å². The van der Waals surface area contributed by atoms with Gasteiger partial charge in [0.05, 0.1) is 0 Å². The number of carbonyl (C=O) groups excluding carboxylic acids is 1. The molecule has 1 nitrogen and oxygen atoms in total. The van der Waals surface area contributed by atoms with Crippen LogP contribution >= 0.6 is 11.8 Å². The van der Waals surface area contributed by atoms with Crippen LogP contribution in [0.4, 0.5) is 0 Å². The van der Waals surface area contributed by atoms with Crippen LogP contribution in [0.3, 0.4) is 0 Å². The minimum atomic E-state index is 0.309. The highest BCUT2D eigenvalue weighted by atomic mass is 32.2. The average molecular weight is 215 g/mol. The third-order valence-electron chi connectivity index (χ3n) is 2.18. The summed E-state index contributed by atoms with van der Waals surface area (Å²) in [4.78, 5) is 11.1. The second-order valence-corrected chi connectivity index (χ2v) is 5.22.